The summed E-state index contributed by atoms with van der Waals surface area (Å²) in [5, 5.41) is 13.1. The number of aromatic nitrogens is 5. The summed E-state index contributed by atoms with van der Waals surface area (Å²) in [6.45, 7) is -0.274. The number of carbonyl (C=O) groups is 2. The van der Waals surface area contributed by atoms with Crippen LogP contribution in [0.25, 0.3) is 11.0 Å². The Labute approximate surface area is 376 Å². The lowest BCUT2D eigenvalue weighted by Crippen LogP contribution is -2.53. The summed E-state index contributed by atoms with van der Waals surface area (Å²) in [4.78, 5) is 77.6. The predicted octanol–water partition coefficient (Wildman–Crippen LogP) is 5.72. The first-order valence-electron chi connectivity index (χ1n) is 19.7. The van der Waals surface area contributed by atoms with Gasteiger partial charge in [0.1, 0.15) is 17.2 Å². The largest absolute Gasteiger partial charge is 0.508 e. The molecular formula is C44H38BrCl2N7O9. The lowest BCUT2D eigenvalue weighted by atomic mass is 9.53. The maximum atomic E-state index is 15.5. The molecule has 4 atom stereocenters. The van der Waals surface area contributed by atoms with Crippen molar-refractivity contribution < 1.29 is 28.9 Å². The van der Waals surface area contributed by atoms with Gasteiger partial charge in [0.2, 0.25) is 0 Å². The molecule has 0 radical (unpaired) electrons. The summed E-state index contributed by atoms with van der Waals surface area (Å²) in [6, 6.07) is 18.6. The fraction of sp³-hybridized carbons (Fsp3) is 0.273. The summed E-state index contributed by atoms with van der Waals surface area (Å²) in [7, 11) is 6.08. The van der Waals surface area contributed by atoms with Gasteiger partial charge in [0.05, 0.1) is 67.0 Å². The minimum absolute atomic E-state index is 0.0698. The number of ether oxygens (including phenoxy) is 3. The summed E-state index contributed by atoms with van der Waals surface area (Å²) in [6.07, 6.45) is 1.62. The number of halogens is 3. The van der Waals surface area contributed by atoms with Crippen molar-refractivity contribution in [1.82, 2.24) is 28.5 Å². The number of nitrogens with zero attached hydrogens (tertiary/aromatic N) is 6. The Bertz CT molecular complexity index is 3120. The molecule has 1 saturated carbocycles. The molecule has 1 saturated heterocycles. The Morgan fingerprint density at radius 1 is 0.905 bits per heavy atom. The Balaban J connectivity index is 1.18. The molecule has 63 heavy (non-hydrogen) atoms. The van der Waals surface area contributed by atoms with Crippen molar-refractivity contribution in [2.75, 3.05) is 26.8 Å². The van der Waals surface area contributed by atoms with Gasteiger partial charge >= 0.3 is 11.4 Å². The van der Waals surface area contributed by atoms with Crippen LogP contribution in [0.4, 0.5) is 5.69 Å². The Morgan fingerprint density at radius 3 is 2.33 bits per heavy atom. The molecule has 1 aliphatic carbocycles. The van der Waals surface area contributed by atoms with Crippen LogP contribution >= 0.6 is 39.1 Å². The molecule has 4 aromatic carbocycles. The molecule has 2 fully saturated rings. The molecule has 4 heterocycles. The SMILES string of the molecule is COc1ccc([C@@]23C(=O)N(Nc4ccc(Cl)cc4Cl)C(=O)[C@@H]2C[C@@H]2C(=CCn4c(=O)n(CCc5nc6cc(OC)c(OC)cc6n(C)c5=O)c(=O)n42)[C@@H]3c2cc(Br)ccc2O)cc1. The second-order valence-corrected chi connectivity index (χ2v) is 17.2. The van der Waals surface area contributed by atoms with Gasteiger partial charge in [-0.1, -0.05) is 57.3 Å². The van der Waals surface area contributed by atoms with E-state index in [0.717, 1.165) is 9.58 Å². The van der Waals surface area contributed by atoms with Gasteiger partial charge in [-0.15, -0.1) is 0 Å². The highest BCUT2D eigenvalue weighted by molar-refractivity contribution is 9.10. The predicted molar refractivity (Wildman–Crippen MR) is 237 cm³/mol. The van der Waals surface area contributed by atoms with E-state index in [4.69, 9.17) is 37.4 Å². The first-order valence-corrected chi connectivity index (χ1v) is 21.2. The number of imide groups is 1. The Morgan fingerprint density at radius 2 is 1.63 bits per heavy atom. The first-order chi connectivity index (χ1) is 30.2. The number of phenols is 1. The van der Waals surface area contributed by atoms with Gasteiger partial charge in [0.25, 0.3) is 17.4 Å². The van der Waals surface area contributed by atoms with Crippen LogP contribution < -0.4 is 36.6 Å². The third-order valence-electron chi connectivity index (χ3n) is 12.4. The van der Waals surface area contributed by atoms with E-state index in [0.29, 0.717) is 54.5 Å². The number of aromatic hydroxyl groups is 1. The minimum atomic E-state index is -1.71. The van der Waals surface area contributed by atoms with E-state index >= 15 is 9.59 Å². The highest BCUT2D eigenvalue weighted by atomic mass is 79.9. The van der Waals surface area contributed by atoms with E-state index in [-0.39, 0.29) is 48.1 Å². The molecule has 3 aliphatic rings. The lowest BCUT2D eigenvalue weighted by molar-refractivity contribution is -0.138. The van der Waals surface area contributed by atoms with E-state index in [1.165, 1.54) is 47.4 Å². The van der Waals surface area contributed by atoms with Crippen LogP contribution in [0.15, 0.2) is 103 Å². The van der Waals surface area contributed by atoms with Crippen LogP contribution in [-0.4, -0.2) is 66.7 Å². The molecule has 2 amide bonds. The Kier molecular flexibility index (Phi) is 10.5. The molecule has 6 aromatic rings. The number of phenolic OH excluding ortho intramolecular Hbond substituents is 1. The molecule has 0 spiro atoms. The molecule has 2 aromatic heterocycles. The molecule has 16 nitrogen and oxygen atoms in total. The average Bonchev–Trinajstić information content (AvgIpc) is 3.65. The third kappa shape index (κ3) is 6.46. The normalized spacial score (nSPS) is 20.3. The van der Waals surface area contributed by atoms with Crippen LogP contribution in [-0.2, 0) is 41.6 Å². The number of allylic oxidation sites excluding steroid dienone is 2. The van der Waals surface area contributed by atoms with Crippen LogP contribution in [0.3, 0.4) is 0 Å². The topological polar surface area (TPSA) is 181 Å². The highest BCUT2D eigenvalue weighted by Gasteiger charge is 2.69. The highest BCUT2D eigenvalue weighted by Crippen LogP contribution is 2.63. The number of carbonyl (C=O) groups excluding carboxylic acids is 2. The first kappa shape index (κ1) is 42.0. The second-order valence-electron chi connectivity index (χ2n) is 15.5. The second kappa shape index (κ2) is 15.8. The van der Waals surface area contributed by atoms with Gasteiger partial charge in [-0.05, 0) is 66.1 Å². The molecule has 324 valence electrons. The number of methoxy groups -OCH3 is 3. The van der Waals surface area contributed by atoms with Crippen molar-refractivity contribution >= 4 is 67.7 Å². The number of hydrazine groups is 1. The van der Waals surface area contributed by atoms with Gasteiger partial charge in [0.15, 0.2) is 11.5 Å². The van der Waals surface area contributed by atoms with Gasteiger partial charge in [-0.3, -0.25) is 19.8 Å². The maximum Gasteiger partial charge on any atom is 0.347 e. The van der Waals surface area contributed by atoms with Crippen molar-refractivity contribution in [3.8, 4) is 23.0 Å². The zero-order valence-electron chi connectivity index (χ0n) is 34.1. The molecule has 9 rings (SSSR count). The zero-order valence-corrected chi connectivity index (χ0v) is 37.2. The van der Waals surface area contributed by atoms with Crippen LogP contribution in [0.1, 0.15) is 35.2 Å². The number of amides is 2. The maximum absolute atomic E-state index is 15.5. The van der Waals surface area contributed by atoms with Gasteiger partial charge in [0, 0.05) is 53.1 Å². The van der Waals surface area contributed by atoms with E-state index in [1.807, 2.05) is 0 Å². The van der Waals surface area contributed by atoms with Crippen molar-refractivity contribution in [1.29, 1.82) is 0 Å². The standard InChI is InChI=1S/C44H38BrCl2N7O9/c1-50-34-21-37(63-4)36(62-3)20-32(34)48-31(40(50)57)14-15-51-42(59)52-16-13-26-33(54(52)43(51)60)19-28-39(56)53(49-30-11-8-24(46)18-29(30)47)41(58)44(28,22-5-9-25(61-2)10-6-22)38(26)27-17-23(45)7-12-35(27)55/h5-13,17-18,20-21,28,33,38,49,55H,14-16,19H2,1-4H3/t28-,33+,38+,44+/m0/s1. The van der Waals surface area contributed by atoms with Crippen LogP contribution in [0.2, 0.25) is 10.0 Å². The number of hydrogen-bond acceptors (Lipinski definition) is 11. The molecule has 19 heteroatoms. The molecule has 2 N–H and O–H groups in total. The zero-order chi connectivity index (χ0) is 44.6. The van der Waals surface area contributed by atoms with E-state index < -0.39 is 52.0 Å². The lowest BCUT2D eigenvalue weighted by Gasteiger charge is -2.49. The van der Waals surface area contributed by atoms with Gasteiger partial charge in [-0.25, -0.2) is 28.5 Å². The minimum Gasteiger partial charge on any atom is -0.508 e. The number of nitrogens with one attached hydrogen (secondary N) is 1. The number of fused-ring (bicyclic) bond motifs is 5. The van der Waals surface area contributed by atoms with E-state index in [9.17, 15) is 19.5 Å². The molecular weight excluding hydrogens is 921 g/mol. The van der Waals surface area contributed by atoms with Gasteiger partial charge in [-0.2, -0.15) is 5.01 Å². The summed E-state index contributed by atoms with van der Waals surface area (Å²) >= 11 is 16.3. The third-order valence-corrected chi connectivity index (χ3v) is 13.5. The number of anilines is 1. The van der Waals surface area contributed by atoms with Crippen molar-refractivity contribution in [3.63, 3.8) is 0 Å². The average molecular weight is 960 g/mol. The fourth-order valence-corrected chi connectivity index (χ4v) is 10.4. The number of aryl methyl sites for hydroxylation is 2. The Hall–Kier alpha value is -6.30. The van der Waals surface area contributed by atoms with Crippen molar-refractivity contribution in [3.05, 3.63) is 147 Å². The molecule has 2 aliphatic heterocycles. The quantitative estimate of drug-likeness (QED) is 0.127. The molecule has 0 unspecified atom stereocenters. The number of hydrogen-bond donors (Lipinski definition) is 2. The van der Waals surface area contributed by atoms with Crippen molar-refractivity contribution in [2.45, 2.75) is 43.3 Å². The number of benzene rings is 4. The molecule has 0 bridgehead atoms. The van der Waals surface area contributed by atoms with Crippen molar-refractivity contribution in [2.24, 2.45) is 13.0 Å². The van der Waals surface area contributed by atoms with E-state index in [2.05, 4.69) is 26.3 Å². The van der Waals surface area contributed by atoms with E-state index in [1.54, 1.807) is 73.8 Å². The summed E-state index contributed by atoms with van der Waals surface area (Å²) in [5.41, 5.74) is 2.10. The summed E-state index contributed by atoms with van der Waals surface area (Å²) in [5.74, 6) is -2.31. The fourth-order valence-electron chi connectivity index (χ4n) is 9.54. The summed E-state index contributed by atoms with van der Waals surface area (Å²) < 4.78 is 22.0. The van der Waals surface area contributed by atoms with Crippen LogP contribution in [0, 0.1) is 5.92 Å². The van der Waals surface area contributed by atoms with Gasteiger partial charge < -0.3 is 23.9 Å². The monoisotopic (exact) mass is 957 g/mol. The van der Waals surface area contributed by atoms with Crippen LogP contribution in [0.5, 0.6) is 23.0 Å². The smallest absolute Gasteiger partial charge is 0.347 e. The number of rotatable bonds is 10.